The molecule has 1 rings (SSSR count). The predicted octanol–water partition coefficient (Wildman–Crippen LogP) is 1.87. The van der Waals surface area contributed by atoms with E-state index in [0.717, 1.165) is 5.56 Å². The van der Waals surface area contributed by atoms with E-state index in [0.29, 0.717) is 12.2 Å². The highest BCUT2D eigenvalue weighted by molar-refractivity contribution is 5.92. The first-order chi connectivity index (χ1) is 11.5. The van der Waals surface area contributed by atoms with Crippen LogP contribution >= 0.6 is 0 Å². The van der Waals surface area contributed by atoms with E-state index < -0.39 is 5.97 Å². The van der Waals surface area contributed by atoms with Gasteiger partial charge in [0, 0.05) is 12.6 Å². The number of hydrogen-bond donors (Lipinski definition) is 1. The summed E-state index contributed by atoms with van der Waals surface area (Å²) in [5.74, 6) is 0.0499. The van der Waals surface area contributed by atoms with Crippen LogP contribution in [0.15, 0.2) is 30.3 Å². The van der Waals surface area contributed by atoms with Crippen LogP contribution in [-0.4, -0.2) is 55.3 Å². The Balaban J connectivity index is 2.85. The SMILES string of the molecule is CCC(CO)N(CCC(=O)OC)C(=O)/C=C/c1cccc(OC)c1. The quantitative estimate of drug-likeness (QED) is 0.551. The summed E-state index contributed by atoms with van der Waals surface area (Å²) in [6.07, 6.45) is 3.80. The van der Waals surface area contributed by atoms with Crippen molar-refractivity contribution in [2.75, 3.05) is 27.4 Å². The third-order valence-corrected chi connectivity index (χ3v) is 3.70. The number of amides is 1. The Morgan fingerprint density at radius 3 is 2.67 bits per heavy atom. The molecule has 1 atom stereocenters. The lowest BCUT2D eigenvalue weighted by molar-refractivity contribution is -0.142. The molecule has 0 bridgehead atoms. The van der Waals surface area contributed by atoms with Crippen LogP contribution in [0.3, 0.4) is 0 Å². The van der Waals surface area contributed by atoms with Gasteiger partial charge in [0.1, 0.15) is 5.75 Å². The molecule has 0 radical (unpaired) electrons. The highest BCUT2D eigenvalue weighted by Crippen LogP contribution is 2.14. The molecule has 6 heteroatoms. The zero-order chi connectivity index (χ0) is 17.9. The van der Waals surface area contributed by atoms with Crippen LogP contribution in [0.4, 0.5) is 0 Å². The van der Waals surface area contributed by atoms with E-state index in [1.54, 1.807) is 13.2 Å². The second kappa shape index (κ2) is 10.4. The van der Waals surface area contributed by atoms with Crippen LogP contribution in [0.5, 0.6) is 5.75 Å². The smallest absolute Gasteiger partial charge is 0.307 e. The number of methoxy groups -OCH3 is 2. The fourth-order valence-corrected chi connectivity index (χ4v) is 2.24. The van der Waals surface area contributed by atoms with Gasteiger partial charge >= 0.3 is 5.97 Å². The minimum atomic E-state index is -0.391. The van der Waals surface area contributed by atoms with Crippen LogP contribution in [0, 0.1) is 0 Å². The van der Waals surface area contributed by atoms with Gasteiger partial charge in [-0.15, -0.1) is 0 Å². The van der Waals surface area contributed by atoms with Crippen molar-refractivity contribution >= 4 is 18.0 Å². The second-order valence-electron chi connectivity index (χ2n) is 5.21. The van der Waals surface area contributed by atoms with Crippen molar-refractivity contribution in [2.45, 2.75) is 25.8 Å². The molecule has 0 fully saturated rings. The van der Waals surface area contributed by atoms with Crippen molar-refractivity contribution < 1.29 is 24.2 Å². The maximum Gasteiger partial charge on any atom is 0.307 e. The van der Waals surface area contributed by atoms with E-state index in [2.05, 4.69) is 4.74 Å². The van der Waals surface area contributed by atoms with Crippen molar-refractivity contribution in [1.29, 1.82) is 0 Å². The van der Waals surface area contributed by atoms with Crippen LogP contribution < -0.4 is 4.74 Å². The Morgan fingerprint density at radius 1 is 1.33 bits per heavy atom. The topological polar surface area (TPSA) is 76.1 Å². The van der Waals surface area contributed by atoms with Crippen LogP contribution in [0.2, 0.25) is 0 Å². The van der Waals surface area contributed by atoms with Gasteiger partial charge in [-0.1, -0.05) is 19.1 Å². The first-order valence-corrected chi connectivity index (χ1v) is 7.86. The molecular weight excluding hydrogens is 310 g/mol. The Bertz CT molecular complexity index is 566. The molecule has 1 N–H and O–H groups in total. The summed E-state index contributed by atoms with van der Waals surface area (Å²) in [6, 6.07) is 6.99. The Labute approximate surface area is 142 Å². The molecule has 0 heterocycles. The van der Waals surface area contributed by atoms with Crippen molar-refractivity contribution in [3.63, 3.8) is 0 Å². The molecule has 24 heavy (non-hydrogen) atoms. The van der Waals surface area contributed by atoms with Crippen molar-refractivity contribution in [2.24, 2.45) is 0 Å². The number of hydrogen-bond acceptors (Lipinski definition) is 5. The summed E-state index contributed by atoms with van der Waals surface area (Å²) in [6.45, 7) is 1.93. The molecule has 132 valence electrons. The number of ether oxygens (including phenoxy) is 2. The predicted molar refractivity (Wildman–Crippen MR) is 91.5 cm³/mol. The summed E-state index contributed by atoms with van der Waals surface area (Å²) >= 11 is 0. The third kappa shape index (κ3) is 6.04. The van der Waals surface area contributed by atoms with Gasteiger partial charge in [0.15, 0.2) is 0 Å². The van der Waals surface area contributed by atoms with Gasteiger partial charge in [-0.05, 0) is 30.2 Å². The lowest BCUT2D eigenvalue weighted by Gasteiger charge is -2.28. The fourth-order valence-electron chi connectivity index (χ4n) is 2.24. The van der Waals surface area contributed by atoms with Gasteiger partial charge in [0.05, 0.1) is 33.3 Å². The average molecular weight is 335 g/mol. The summed E-state index contributed by atoms with van der Waals surface area (Å²) in [5.41, 5.74) is 0.827. The summed E-state index contributed by atoms with van der Waals surface area (Å²) < 4.78 is 9.76. The van der Waals surface area contributed by atoms with Crippen LogP contribution in [0.25, 0.3) is 6.08 Å². The molecule has 1 amide bonds. The van der Waals surface area contributed by atoms with Crippen molar-refractivity contribution in [1.82, 2.24) is 4.90 Å². The number of rotatable bonds is 9. The molecule has 0 aliphatic rings. The number of aliphatic hydroxyl groups is 1. The van der Waals surface area contributed by atoms with E-state index >= 15 is 0 Å². The van der Waals surface area contributed by atoms with E-state index in [-0.39, 0.29) is 31.5 Å². The standard InChI is InChI=1S/C18H25NO5/c1-4-15(13-20)19(11-10-18(22)24-3)17(21)9-8-14-6-5-7-16(12-14)23-2/h5-9,12,15,20H,4,10-11,13H2,1-3H3/b9-8+. The first-order valence-electron chi connectivity index (χ1n) is 7.86. The summed E-state index contributed by atoms with van der Waals surface area (Å²) in [7, 11) is 2.89. The summed E-state index contributed by atoms with van der Waals surface area (Å²) in [5, 5.41) is 9.47. The number of aliphatic hydroxyl groups excluding tert-OH is 1. The monoisotopic (exact) mass is 335 g/mol. The molecule has 0 spiro atoms. The number of esters is 1. The molecule has 0 saturated heterocycles. The van der Waals surface area contributed by atoms with Gasteiger partial charge in [0.25, 0.3) is 0 Å². The van der Waals surface area contributed by atoms with Gasteiger partial charge < -0.3 is 19.5 Å². The molecule has 6 nitrogen and oxygen atoms in total. The van der Waals surface area contributed by atoms with Crippen LogP contribution in [0.1, 0.15) is 25.3 Å². The molecule has 0 aliphatic carbocycles. The largest absolute Gasteiger partial charge is 0.497 e. The Kier molecular flexibility index (Phi) is 8.57. The number of carbonyl (C=O) groups excluding carboxylic acids is 2. The first kappa shape index (κ1) is 19.7. The number of benzene rings is 1. The fraction of sp³-hybridized carbons (Fsp3) is 0.444. The van der Waals surface area contributed by atoms with E-state index in [1.165, 1.54) is 18.1 Å². The maximum atomic E-state index is 12.5. The van der Waals surface area contributed by atoms with E-state index in [4.69, 9.17) is 4.74 Å². The van der Waals surface area contributed by atoms with Gasteiger partial charge in [-0.3, -0.25) is 9.59 Å². The van der Waals surface area contributed by atoms with Crippen molar-refractivity contribution in [3.05, 3.63) is 35.9 Å². The molecule has 0 aromatic heterocycles. The zero-order valence-corrected chi connectivity index (χ0v) is 14.4. The highest BCUT2D eigenvalue weighted by atomic mass is 16.5. The maximum absolute atomic E-state index is 12.5. The third-order valence-electron chi connectivity index (χ3n) is 3.70. The Hall–Kier alpha value is -2.34. The Morgan fingerprint density at radius 2 is 2.08 bits per heavy atom. The molecular formula is C18H25NO5. The molecule has 1 aromatic rings. The number of carbonyl (C=O) groups is 2. The minimum absolute atomic E-state index is 0.0890. The molecule has 1 unspecified atom stereocenters. The van der Waals surface area contributed by atoms with Gasteiger partial charge in [0.2, 0.25) is 5.91 Å². The zero-order valence-electron chi connectivity index (χ0n) is 14.4. The van der Waals surface area contributed by atoms with Gasteiger partial charge in [-0.25, -0.2) is 0 Å². The average Bonchev–Trinajstić information content (AvgIpc) is 2.62. The van der Waals surface area contributed by atoms with E-state index in [1.807, 2.05) is 31.2 Å². The van der Waals surface area contributed by atoms with Crippen molar-refractivity contribution in [3.8, 4) is 5.75 Å². The lowest BCUT2D eigenvalue weighted by Crippen LogP contribution is -2.42. The highest BCUT2D eigenvalue weighted by Gasteiger charge is 2.21. The summed E-state index contributed by atoms with van der Waals surface area (Å²) in [4.78, 5) is 25.3. The normalized spacial score (nSPS) is 12.0. The molecule has 1 aromatic carbocycles. The lowest BCUT2D eigenvalue weighted by atomic mass is 10.1. The number of nitrogens with zero attached hydrogens (tertiary/aromatic N) is 1. The molecule has 0 saturated carbocycles. The minimum Gasteiger partial charge on any atom is -0.497 e. The molecule has 0 aliphatic heterocycles. The van der Waals surface area contributed by atoms with E-state index in [9.17, 15) is 14.7 Å². The van der Waals surface area contributed by atoms with Crippen LogP contribution in [-0.2, 0) is 14.3 Å². The van der Waals surface area contributed by atoms with Gasteiger partial charge in [-0.2, -0.15) is 0 Å². The second-order valence-corrected chi connectivity index (χ2v) is 5.21.